The van der Waals surface area contributed by atoms with Crippen molar-refractivity contribution in [3.05, 3.63) is 58.9 Å². The van der Waals surface area contributed by atoms with Gasteiger partial charge in [0.15, 0.2) is 17.5 Å². The standard InChI is InChI=1S/C19H20F3N3O2/c1-10-5-4-6-14(11(10)2)24-12(3)19(27)23-9-16(26)25-15-8-7-13(20)17(21)18(15)22/h4-8,12,24H,9H2,1-3H3,(H,23,27)(H,25,26)/t12-/m1/s1. The van der Waals surface area contributed by atoms with Crippen LogP contribution >= 0.6 is 0 Å². The van der Waals surface area contributed by atoms with Crippen LogP contribution in [0, 0.1) is 31.3 Å². The summed E-state index contributed by atoms with van der Waals surface area (Å²) in [5, 5.41) is 7.53. The molecule has 0 aliphatic heterocycles. The molecule has 0 aromatic heterocycles. The zero-order valence-corrected chi connectivity index (χ0v) is 15.1. The summed E-state index contributed by atoms with van der Waals surface area (Å²) in [6, 6.07) is 6.62. The van der Waals surface area contributed by atoms with Crippen LogP contribution in [0.3, 0.4) is 0 Å². The highest BCUT2D eigenvalue weighted by Gasteiger charge is 2.17. The van der Waals surface area contributed by atoms with Crippen molar-refractivity contribution in [3.63, 3.8) is 0 Å². The lowest BCUT2D eigenvalue weighted by Gasteiger charge is -2.17. The molecule has 0 aliphatic carbocycles. The molecule has 144 valence electrons. The van der Waals surface area contributed by atoms with Crippen molar-refractivity contribution >= 4 is 23.2 Å². The van der Waals surface area contributed by atoms with Gasteiger partial charge in [-0.25, -0.2) is 13.2 Å². The first-order chi connectivity index (χ1) is 12.7. The van der Waals surface area contributed by atoms with Crippen LogP contribution in [-0.2, 0) is 9.59 Å². The minimum absolute atomic E-state index is 0.447. The fraction of sp³-hybridized carbons (Fsp3) is 0.263. The number of halogens is 3. The van der Waals surface area contributed by atoms with Gasteiger partial charge in [0, 0.05) is 5.69 Å². The number of benzene rings is 2. The Morgan fingerprint density at radius 3 is 2.41 bits per heavy atom. The summed E-state index contributed by atoms with van der Waals surface area (Å²) in [5.41, 5.74) is 2.37. The van der Waals surface area contributed by atoms with Gasteiger partial charge in [-0.2, -0.15) is 0 Å². The monoisotopic (exact) mass is 379 g/mol. The number of rotatable bonds is 6. The highest BCUT2D eigenvalue weighted by Crippen LogP contribution is 2.20. The maximum Gasteiger partial charge on any atom is 0.243 e. The Morgan fingerprint density at radius 1 is 1.00 bits per heavy atom. The summed E-state index contributed by atoms with van der Waals surface area (Å²) in [7, 11) is 0. The van der Waals surface area contributed by atoms with E-state index in [1.165, 1.54) is 0 Å². The van der Waals surface area contributed by atoms with Gasteiger partial charge in [-0.1, -0.05) is 12.1 Å². The lowest BCUT2D eigenvalue weighted by atomic mass is 10.1. The Labute approximate surface area is 155 Å². The Bertz CT molecular complexity index is 872. The molecule has 0 spiro atoms. The van der Waals surface area contributed by atoms with Crippen LogP contribution in [0.2, 0.25) is 0 Å². The molecule has 0 fully saturated rings. The van der Waals surface area contributed by atoms with Crippen molar-refractivity contribution in [2.45, 2.75) is 26.8 Å². The maximum atomic E-state index is 13.5. The van der Waals surface area contributed by atoms with E-state index in [0.717, 1.165) is 22.9 Å². The van der Waals surface area contributed by atoms with E-state index < -0.39 is 47.5 Å². The Kier molecular flexibility index (Phi) is 6.44. The number of hydrogen-bond donors (Lipinski definition) is 3. The van der Waals surface area contributed by atoms with Crippen LogP contribution in [0.5, 0.6) is 0 Å². The average molecular weight is 379 g/mol. The van der Waals surface area contributed by atoms with Crippen LogP contribution in [0.1, 0.15) is 18.1 Å². The van der Waals surface area contributed by atoms with Crippen molar-refractivity contribution < 1.29 is 22.8 Å². The number of anilines is 2. The van der Waals surface area contributed by atoms with Crippen molar-refractivity contribution in [2.75, 3.05) is 17.2 Å². The fourth-order valence-corrected chi connectivity index (χ4v) is 2.34. The second-order valence-electron chi connectivity index (χ2n) is 6.10. The normalized spacial score (nSPS) is 11.6. The van der Waals surface area contributed by atoms with E-state index in [9.17, 15) is 22.8 Å². The molecule has 0 bridgehead atoms. The zero-order chi connectivity index (χ0) is 20.1. The topological polar surface area (TPSA) is 70.2 Å². The third-order valence-electron chi connectivity index (χ3n) is 4.10. The van der Waals surface area contributed by atoms with Gasteiger partial charge < -0.3 is 16.0 Å². The third kappa shape index (κ3) is 4.99. The van der Waals surface area contributed by atoms with Gasteiger partial charge in [-0.15, -0.1) is 0 Å². The highest BCUT2D eigenvalue weighted by atomic mass is 19.2. The number of aryl methyl sites for hydroxylation is 1. The maximum absolute atomic E-state index is 13.5. The molecular formula is C19H20F3N3O2. The average Bonchev–Trinajstić information content (AvgIpc) is 2.64. The summed E-state index contributed by atoms with van der Waals surface area (Å²) < 4.78 is 39.6. The molecule has 2 aromatic carbocycles. The molecule has 3 N–H and O–H groups in total. The molecule has 5 nitrogen and oxygen atoms in total. The Hall–Kier alpha value is -3.03. The Morgan fingerprint density at radius 2 is 1.70 bits per heavy atom. The van der Waals surface area contributed by atoms with Gasteiger partial charge in [0.2, 0.25) is 11.8 Å². The van der Waals surface area contributed by atoms with E-state index in [2.05, 4.69) is 16.0 Å². The summed E-state index contributed by atoms with van der Waals surface area (Å²) in [6.07, 6.45) is 0. The number of nitrogens with one attached hydrogen (secondary N) is 3. The molecule has 1 atom stereocenters. The summed E-state index contributed by atoms with van der Waals surface area (Å²) in [4.78, 5) is 23.9. The summed E-state index contributed by atoms with van der Waals surface area (Å²) in [6.45, 7) is 5.05. The van der Waals surface area contributed by atoms with E-state index in [0.29, 0.717) is 6.07 Å². The first kappa shape index (κ1) is 20.3. The highest BCUT2D eigenvalue weighted by molar-refractivity contribution is 5.95. The smallest absolute Gasteiger partial charge is 0.243 e. The largest absolute Gasteiger partial charge is 0.374 e. The van der Waals surface area contributed by atoms with Gasteiger partial charge in [0.25, 0.3) is 0 Å². The van der Waals surface area contributed by atoms with Crippen LogP contribution in [-0.4, -0.2) is 24.4 Å². The number of carbonyl (C=O) groups excluding carboxylic acids is 2. The van der Waals surface area contributed by atoms with Crippen molar-refractivity contribution in [3.8, 4) is 0 Å². The van der Waals surface area contributed by atoms with Crippen LogP contribution in [0.15, 0.2) is 30.3 Å². The molecule has 27 heavy (non-hydrogen) atoms. The van der Waals surface area contributed by atoms with E-state index >= 15 is 0 Å². The van der Waals surface area contributed by atoms with Crippen molar-refractivity contribution in [1.82, 2.24) is 5.32 Å². The Balaban J connectivity index is 1.90. The van der Waals surface area contributed by atoms with Crippen molar-refractivity contribution in [2.24, 2.45) is 0 Å². The second kappa shape index (κ2) is 8.57. The van der Waals surface area contributed by atoms with Crippen LogP contribution in [0.4, 0.5) is 24.5 Å². The quantitative estimate of drug-likeness (QED) is 0.675. The van der Waals surface area contributed by atoms with Gasteiger partial charge >= 0.3 is 0 Å². The summed E-state index contributed by atoms with van der Waals surface area (Å²) >= 11 is 0. The van der Waals surface area contributed by atoms with E-state index in [1.54, 1.807) is 6.92 Å². The van der Waals surface area contributed by atoms with Gasteiger partial charge in [0.05, 0.1) is 12.2 Å². The van der Waals surface area contributed by atoms with Gasteiger partial charge in [0.1, 0.15) is 6.04 Å². The van der Waals surface area contributed by atoms with E-state index in [-0.39, 0.29) is 0 Å². The van der Waals surface area contributed by atoms with Crippen LogP contribution < -0.4 is 16.0 Å². The molecule has 2 rings (SSSR count). The van der Waals surface area contributed by atoms with E-state index in [1.807, 2.05) is 32.0 Å². The minimum Gasteiger partial charge on any atom is -0.374 e. The van der Waals surface area contributed by atoms with Crippen molar-refractivity contribution in [1.29, 1.82) is 0 Å². The second-order valence-corrected chi connectivity index (χ2v) is 6.10. The fourth-order valence-electron chi connectivity index (χ4n) is 2.34. The van der Waals surface area contributed by atoms with Crippen LogP contribution in [0.25, 0.3) is 0 Å². The summed E-state index contributed by atoms with van der Waals surface area (Å²) in [5.74, 6) is -5.75. The molecule has 0 radical (unpaired) electrons. The lowest BCUT2D eigenvalue weighted by Crippen LogP contribution is -2.41. The molecule has 0 heterocycles. The number of carbonyl (C=O) groups is 2. The molecule has 0 saturated heterocycles. The molecular weight excluding hydrogens is 359 g/mol. The molecule has 2 aromatic rings. The first-order valence-corrected chi connectivity index (χ1v) is 8.24. The molecule has 8 heteroatoms. The van der Waals surface area contributed by atoms with Gasteiger partial charge in [-0.3, -0.25) is 9.59 Å². The molecule has 2 amide bonds. The van der Waals surface area contributed by atoms with Gasteiger partial charge in [-0.05, 0) is 50.1 Å². The molecule has 0 saturated carbocycles. The predicted octanol–water partition coefficient (Wildman–Crippen LogP) is 3.28. The first-order valence-electron chi connectivity index (χ1n) is 8.24. The predicted molar refractivity (Wildman–Crippen MR) is 97.0 cm³/mol. The minimum atomic E-state index is -1.68. The lowest BCUT2D eigenvalue weighted by molar-refractivity contribution is -0.124. The number of amides is 2. The SMILES string of the molecule is Cc1cccc(N[C@H](C)C(=O)NCC(=O)Nc2ccc(F)c(F)c2F)c1C. The molecule has 0 unspecified atom stereocenters. The number of hydrogen-bond acceptors (Lipinski definition) is 3. The zero-order valence-electron chi connectivity index (χ0n) is 15.1. The third-order valence-corrected chi connectivity index (χ3v) is 4.10. The van der Waals surface area contributed by atoms with E-state index in [4.69, 9.17) is 0 Å². The molecule has 0 aliphatic rings.